The molecular weight excluding hydrogens is 308 g/mol. The van der Waals surface area contributed by atoms with Gasteiger partial charge in [-0.25, -0.2) is 8.42 Å². The molecule has 0 amide bonds. The van der Waals surface area contributed by atoms with Crippen LogP contribution in [0.1, 0.15) is 19.8 Å². The minimum atomic E-state index is -3.54. The first kappa shape index (κ1) is 16.2. The number of nitrogens with two attached hydrogens (primary N) is 1. The van der Waals surface area contributed by atoms with Crippen molar-refractivity contribution in [3.63, 3.8) is 0 Å². The van der Waals surface area contributed by atoms with E-state index in [0.717, 1.165) is 11.1 Å². The summed E-state index contributed by atoms with van der Waals surface area (Å²) >= 11 is 0. The van der Waals surface area contributed by atoms with Gasteiger partial charge in [0.1, 0.15) is 0 Å². The maximum Gasteiger partial charge on any atom is 0.243 e. The zero-order valence-corrected chi connectivity index (χ0v) is 14.0. The number of nitrogens with zero attached hydrogens (tertiary/aromatic N) is 1. The molecule has 0 bridgehead atoms. The third kappa shape index (κ3) is 3.17. The molecule has 2 N–H and O–H groups in total. The number of benzene rings is 2. The van der Waals surface area contributed by atoms with Gasteiger partial charge in [0.2, 0.25) is 10.0 Å². The number of rotatable bonds is 3. The van der Waals surface area contributed by atoms with E-state index in [1.54, 1.807) is 16.4 Å². The van der Waals surface area contributed by atoms with Crippen LogP contribution in [0.4, 0.5) is 0 Å². The largest absolute Gasteiger partial charge is 0.328 e. The minimum absolute atomic E-state index is 0.0763. The van der Waals surface area contributed by atoms with Gasteiger partial charge in [-0.05, 0) is 31.4 Å². The van der Waals surface area contributed by atoms with Crippen LogP contribution in [-0.4, -0.2) is 31.4 Å². The standard InChI is InChI=1S/C18H22N2O2S/c1-14-13-16(19)11-12-20(14)23(21,22)18-10-6-5-9-17(18)15-7-3-2-4-8-15/h2-10,14,16H,11-13,19H2,1H3/t14-,16+/m1/s1. The van der Waals surface area contributed by atoms with E-state index in [-0.39, 0.29) is 12.1 Å². The van der Waals surface area contributed by atoms with Gasteiger partial charge in [0.15, 0.2) is 0 Å². The Balaban J connectivity index is 2.05. The summed E-state index contributed by atoms with van der Waals surface area (Å²) in [5.74, 6) is 0. The zero-order valence-electron chi connectivity index (χ0n) is 13.2. The third-order valence-electron chi connectivity index (χ3n) is 4.41. The summed E-state index contributed by atoms with van der Waals surface area (Å²) in [6.45, 7) is 2.41. The van der Waals surface area contributed by atoms with E-state index in [4.69, 9.17) is 5.73 Å². The van der Waals surface area contributed by atoms with Gasteiger partial charge in [0.05, 0.1) is 4.90 Å². The highest BCUT2D eigenvalue weighted by Crippen LogP contribution is 2.32. The number of sulfonamides is 1. The molecular formula is C18H22N2O2S. The molecule has 0 spiro atoms. The number of hydrogen-bond acceptors (Lipinski definition) is 3. The first-order valence-corrected chi connectivity index (χ1v) is 9.36. The Bertz CT molecular complexity index is 775. The molecule has 1 aliphatic rings. The maximum atomic E-state index is 13.2. The average molecular weight is 330 g/mol. The molecule has 4 nitrogen and oxygen atoms in total. The Hall–Kier alpha value is -1.69. The molecule has 3 rings (SSSR count). The molecule has 1 saturated heterocycles. The topological polar surface area (TPSA) is 63.4 Å². The molecule has 2 atom stereocenters. The molecule has 0 aromatic heterocycles. The Morgan fingerprint density at radius 2 is 1.70 bits per heavy atom. The van der Waals surface area contributed by atoms with E-state index < -0.39 is 10.0 Å². The van der Waals surface area contributed by atoms with Crippen LogP contribution in [0.15, 0.2) is 59.5 Å². The first-order chi connectivity index (χ1) is 11.0. The Morgan fingerprint density at radius 3 is 2.39 bits per heavy atom. The monoisotopic (exact) mass is 330 g/mol. The van der Waals surface area contributed by atoms with Crippen molar-refractivity contribution in [1.29, 1.82) is 0 Å². The van der Waals surface area contributed by atoms with Crippen LogP contribution < -0.4 is 5.73 Å². The summed E-state index contributed by atoms with van der Waals surface area (Å²) in [4.78, 5) is 0.369. The van der Waals surface area contributed by atoms with E-state index in [1.807, 2.05) is 49.4 Å². The van der Waals surface area contributed by atoms with E-state index >= 15 is 0 Å². The van der Waals surface area contributed by atoms with Crippen LogP contribution in [0.25, 0.3) is 11.1 Å². The quantitative estimate of drug-likeness (QED) is 0.941. The van der Waals surface area contributed by atoms with Crippen LogP contribution in [0.5, 0.6) is 0 Å². The lowest BCUT2D eigenvalue weighted by molar-refractivity contribution is 0.247. The molecule has 23 heavy (non-hydrogen) atoms. The predicted molar refractivity (Wildman–Crippen MR) is 92.4 cm³/mol. The highest BCUT2D eigenvalue weighted by Gasteiger charge is 2.34. The van der Waals surface area contributed by atoms with Gasteiger partial charge in [-0.15, -0.1) is 0 Å². The molecule has 1 heterocycles. The summed E-state index contributed by atoms with van der Waals surface area (Å²) in [5.41, 5.74) is 7.62. The fourth-order valence-electron chi connectivity index (χ4n) is 3.22. The van der Waals surface area contributed by atoms with Gasteiger partial charge in [-0.3, -0.25) is 0 Å². The van der Waals surface area contributed by atoms with Crippen molar-refractivity contribution in [2.45, 2.75) is 36.7 Å². The van der Waals surface area contributed by atoms with Gasteiger partial charge >= 0.3 is 0 Å². The van der Waals surface area contributed by atoms with E-state index in [2.05, 4.69) is 0 Å². The van der Waals surface area contributed by atoms with Crippen molar-refractivity contribution in [3.8, 4) is 11.1 Å². The fraction of sp³-hybridized carbons (Fsp3) is 0.333. The van der Waals surface area contributed by atoms with Crippen LogP contribution in [0, 0.1) is 0 Å². The van der Waals surface area contributed by atoms with E-state index in [1.165, 1.54) is 0 Å². The fourth-order valence-corrected chi connectivity index (χ4v) is 5.09. The van der Waals surface area contributed by atoms with Crippen LogP contribution in [-0.2, 0) is 10.0 Å². The molecule has 2 aromatic rings. The third-order valence-corrected chi connectivity index (χ3v) is 6.49. The molecule has 0 radical (unpaired) electrons. The SMILES string of the molecule is C[C@@H]1C[C@@H](N)CCN1S(=O)(=O)c1ccccc1-c1ccccc1. The highest BCUT2D eigenvalue weighted by molar-refractivity contribution is 7.89. The van der Waals surface area contributed by atoms with Crippen molar-refractivity contribution in [1.82, 2.24) is 4.31 Å². The highest BCUT2D eigenvalue weighted by atomic mass is 32.2. The summed E-state index contributed by atoms with van der Waals surface area (Å²) in [5, 5.41) is 0. The summed E-state index contributed by atoms with van der Waals surface area (Å²) in [7, 11) is -3.54. The zero-order chi connectivity index (χ0) is 16.4. The lowest BCUT2D eigenvalue weighted by Gasteiger charge is -2.35. The first-order valence-electron chi connectivity index (χ1n) is 7.92. The molecule has 0 unspecified atom stereocenters. The number of hydrogen-bond donors (Lipinski definition) is 1. The van der Waals surface area contributed by atoms with Crippen molar-refractivity contribution >= 4 is 10.0 Å². The normalized spacial score (nSPS) is 22.9. The Morgan fingerprint density at radius 1 is 1.04 bits per heavy atom. The maximum absolute atomic E-state index is 13.2. The molecule has 0 saturated carbocycles. The Kier molecular flexibility index (Phi) is 4.53. The van der Waals surface area contributed by atoms with Gasteiger partial charge in [0, 0.05) is 24.2 Å². The summed E-state index contributed by atoms with van der Waals surface area (Å²) in [6, 6.07) is 16.8. The predicted octanol–water partition coefficient (Wildman–Crippen LogP) is 2.85. The van der Waals surface area contributed by atoms with E-state index in [9.17, 15) is 8.42 Å². The van der Waals surface area contributed by atoms with Crippen molar-refractivity contribution in [3.05, 3.63) is 54.6 Å². The molecule has 1 aliphatic heterocycles. The Labute approximate surface area is 138 Å². The summed E-state index contributed by atoms with van der Waals surface area (Å²) in [6.07, 6.45) is 1.41. The average Bonchev–Trinajstić information content (AvgIpc) is 2.55. The molecule has 1 fully saturated rings. The molecule has 0 aliphatic carbocycles. The second-order valence-electron chi connectivity index (χ2n) is 6.11. The van der Waals surface area contributed by atoms with E-state index in [0.29, 0.717) is 24.3 Å². The van der Waals surface area contributed by atoms with Gasteiger partial charge in [-0.2, -0.15) is 4.31 Å². The van der Waals surface area contributed by atoms with Crippen molar-refractivity contribution in [2.75, 3.05) is 6.54 Å². The van der Waals surface area contributed by atoms with Crippen LogP contribution in [0.3, 0.4) is 0 Å². The van der Waals surface area contributed by atoms with Crippen LogP contribution >= 0.6 is 0 Å². The molecule has 122 valence electrons. The molecule has 5 heteroatoms. The van der Waals surface area contributed by atoms with Gasteiger partial charge < -0.3 is 5.73 Å². The molecule has 2 aromatic carbocycles. The minimum Gasteiger partial charge on any atom is -0.328 e. The number of piperidine rings is 1. The second kappa shape index (κ2) is 6.43. The second-order valence-corrected chi connectivity index (χ2v) is 7.97. The lowest BCUT2D eigenvalue weighted by atomic mass is 10.0. The van der Waals surface area contributed by atoms with Crippen molar-refractivity contribution < 1.29 is 8.42 Å². The lowest BCUT2D eigenvalue weighted by Crippen LogP contribution is -2.48. The van der Waals surface area contributed by atoms with Gasteiger partial charge in [-0.1, -0.05) is 48.5 Å². The van der Waals surface area contributed by atoms with Crippen LogP contribution in [0.2, 0.25) is 0 Å². The smallest absolute Gasteiger partial charge is 0.243 e. The summed E-state index contributed by atoms with van der Waals surface area (Å²) < 4.78 is 28.0. The van der Waals surface area contributed by atoms with Crippen molar-refractivity contribution in [2.24, 2.45) is 5.73 Å². The van der Waals surface area contributed by atoms with Gasteiger partial charge in [0.25, 0.3) is 0 Å².